The van der Waals surface area contributed by atoms with Gasteiger partial charge in [0.05, 0.1) is 11.8 Å². The molecule has 1 heterocycles. The fraction of sp³-hybridized carbons (Fsp3) is 0.400. The highest BCUT2D eigenvalue weighted by Crippen LogP contribution is 2.25. The first-order chi connectivity index (χ1) is 12.0. The number of hydrogen-bond acceptors (Lipinski definition) is 4. The second-order valence-corrected chi connectivity index (χ2v) is 6.66. The van der Waals surface area contributed by atoms with E-state index in [2.05, 4.69) is 29.5 Å². The maximum Gasteiger partial charge on any atom is 0.274 e. The molecule has 1 aromatic carbocycles. The Labute approximate surface area is 149 Å². The second-order valence-electron chi connectivity index (χ2n) is 6.66. The molecule has 5 nitrogen and oxygen atoms in total. The number of amides is 1. The van der Waals surface area contributed by atoms with Gasteiger partial charge in [0.25, 0.3) is 5.91 Å². The lowest BCUT2D eigenvalue weighted by molar-refractivity contribution is 0.102. The van der Waals surface area contributed by atoms with Crippen LogP contribution in [0.5, 0.6) is 5.75 Å². The van der Waals surface area contributed by atoms with Gasteiger partial charge in [0.2, 0.25) is 0 Å². The fourth-order valence-corrected chi connectivity index (χ4v) is 2.28. The molecule has 0 spiro atoms. The molecule has 0 aliphatic rings. The summed E-state index contributed by atoms with van der Waals surface area (Å²) in [6.45, 7) is 9.14. The molecule has 0 bridgehead atoms. The van der Waals surface area contributed by atoms with Crippen LogP contribution in [0.4, 0.5) is 11.4 Å². The van der Waals surface area contributed by atoms with Gasteiger partial charge in [0.1, 0.15) is 11.4 Å². The first-order valence-electron chi connectivity index (χ1n) is 8.72. The molecule has 5 heteroatoms. The van der Waals surface area contributed by atoms with Crippen molar-refractivity contribution >= 4 is 17.3 Å². The van der Waals surface area contributed by atoms with Gasteiger partial charge in [0.15, 0.2) is 0 Å². The third-order valence-corrected chi connectivity index (χ3v) is 3.54. The number of anilines is 2. The van der Waals surface area contributed by atoms with Crippen molar-refractivity contribution in [2.24, 2.45) is 5.92 Å². The number of rotatable bonds is 8. The van der Waals surface area contributed by atoms with Crippen LogP contribution in [-0.4, -0.2) is 23.5 Å². The third kappa shape index (κ3) is 6.10. The van der Waals surface area contributed by atoms with Crippen LogP contribution in [0.15, 0.2) is 42.6 Å². The number of carbonyl (C=O) groups excluding carboxylic acids is 1. The van der Waals surface area contributed by atoms with Crippen LogP contribution in [0.3, 0.4) is 0 Å². The minimum Gasteiger partial charge on any atom is -0.489 e. The largest absolute Gasteiger partial charge is 0.489 e. The SMILES string of the molecule is CC(C)CCNc1ccnc(C(=O)Nc2ccccc2OC(C)C)c1. The van der Waals surface area contributed by atoms with Gasteiger partial charge in [-0.15, -0.1) is 0 Å². The smallest absolute Gasteiger partial charge is 0.274 e. The van der Waals surface area contributed by atoms with Crippen LogP contribution in [0, 0.1) is 5.92 Å². The lowest BCUT2D eigenvalue weighted by Gasteiger charge is -2.15. The molecule has 0 saturated heterocycles. The van der Waals surface area contributed by atoms with Gasteiger partial charge in [-0.1, -0.05) is 26.0 Å². The standard InChI is InChI=1S/C20H27N3O2/c1-14(2)9-11-21-16-10-12-22-18(13-16)20(24)23-17-7-5-6-8-19(17)25-15(3)4/h5-8,10,12-15H,9,11H2,1-4H3,(H,21,22)(H,23,24). The van der Waals surface area contributed by atoms with E-state index in [0.717, 1.165) is 18.7 Å². The summed E-state index contributed by atoms with van der Waals surface area (Å²) in [7, 11) is 0. The zero-order chi connectivity index (χ0) is 18.2. The Morgan fingerprint density at radius 2 is 1.92 bits per heavy atom. The third-order valence-electron chi connectivity index (χ3n) is 3.54. The summed E-state index contributed by atoms with van der Waals surface area (Å²) < 4.78 is 5.73. The first kappa shape index (κ1) is 18.8. The molecule has 0 fully saturated rings. The van der Waals surface area contributed by atoms with Crippen LogP contribution < -0.4 is 15.4 Å². The highest BCUT2D eigenvalue weighted by Gasteiger charge is 2.12. The van der Waals surface area contributed by atoms with E-state index >= 15 is 0 Å². The van der Waals surface area contributed by atoms with Gasteiger partial charge in [-0.25, -0.2) is 0 Å². The molecule has 0 aliphatic carbocycles. The number of carbonyl (C=O) groups is 1. The molecule has 0 saturated carbocycles. The van der Waals surface area contributed by atoms with E-state index < -0.39 is 0 Å². The van der Waals surface area contributed by atoms with E-state index in [0.29, 0.717) is 23.0 Å². The van der Waals surface area contributed by atoms with Gasteiger partial charge in [-0.05, 0) is 50.5 Å². The van der Waals surface area contributed by atoms with Crippen molar-refractivity contribution in [2.75, 3.05) is 17.2 Å². The van der Waals surface area contributed by atoms with E-state index in [1.54, 1.807) is 12.3 Å². The van der Waals surface area contributed by atoms with Crippen LogP contribution in [0.2, 0.25) is 0 Å². The Balaban J connectivity index is 2.06. The lowest BCUT2D eigenvalue weighted by Crippen LogP contribution is -2.16. The number of para-hydroxylation sites is 2. The van der Waals surface area contributed by atoms with Crippen LogP contribution in [-0.2, 0) is 0 Å². The molecule has 25 heavy (non-hydrogen) atoms. The minimum atomic E-state index is -0.257. The van der Waals surface area contributed by atoms with Gasteiger partial charge in [0, 0.05) is 18.4 Å². The van der Waals surface area contributed by atoms with Crippen molar-refractivity contribution in [3.63, 3.8) is 0 Å². The van der Waals surface area contributed by atoms with Crippen molar-refractivity contribution in [2.45, 2.75) is 40.2 Å². The van der Waals surface area contributed by atoms with Gasteiger partial charge in [-0.3, -0.25) is 9.78 Å². The zero-order valence-electron chi connectivity index (χ0n) is 15.4. The van der Waals surface area contributed by atoms with Gasteiger partial charge in [-0.2, -0.15) is 0 Å². The highest BCUT2D eigenvalue weighted by atomic mass is 16.5. The van der Waals surface area contributed by atoms with Crippen molar-refractivity contribution in [3.8, 4) is 5.75 Å². The second kappa shape index (κ2) is 9.06. The molecule has 0 unspecified atom stereocenters. The lowest BCUT2D eigenvalue weighted by atomic mass is 10.1. The summed E-state index contributed by atoms with van der Waals surface area (Å²) in [5.74, 6) is 1.03. The van der Waals surface area contributed by atoms with E-state index in [-0.39, 0.29) is 12.0 Å². The summed E-state index contributed by atoms with van der Waals surface area (Å²) in [5.41, 5.74) is 1.91. The molecule has 134 valence electrons. The summed E-state index contributed by atoms with van der Waals surface area (Å²) in [4.78, 5) is 16.7. The topological polar surface area (TPSA) is 63.2 Å². The van der Waals surface area contributed by atoms with E-state index in [1.165, 1.54) is 0 Å². The minimum absolute atomic E-state index is 0.0321. The summed E-state index contributed by atoms with van der Waals surface area (Å²) in [6, 6.07) is 11.0. The van der Waals surface area contributed by atoms with E-state index in [1.807, 2.05) is 44.2 Å². The van der Waals surface area contributed by atoms with Gasteiger partial charge >= 0.3 is 0 Å². The van der Waals surface area contributed by atoms with Crippen molar-refractivity contribution in [3.05, 3.63) is 48.3 Å². The molecular weight excluding hydrogens is 314 g/mol. The molecule has 2 rings (SSSR count). The number of pyridine rings is 1. The number of ether oxygens (including phenoxy) is 1. The molecule has 2 aromatic rings. The molecule has 0 radical (unpaired) electrons. The van der Waals surface area contributed by atoms with Crippen LogP contribution in [0.1, 0.15) is 44.6 Å². The van der Waals surface area contributed by atoms with E-state index in [4.69, 9.17) is 4.74 Å². The summed E-state index contributed by atoms with van der Waals surface area (Å²) in [6.07, 6.45) is 2.75. The average molecular weight is 341 g/mol. The summed E-state index contributed by atoms with van der Waals surface area (Å²) in [5, 5.41) is 6.21. The Kier molecular flexibility index (Phi) is 6.81. The normalized spacial score (nSPS) is 10.8. The number of benzene rings is 1. The predicted octanol–water partition coefficient (Wildman–Crippen LogP) is 4.58. The molecule has 1 aromatic heterocycles. The predicted molar refractivity (Wildman–Crippen MR) is 102 cm³/mol. The Morgan fingerprint density at radius 3 is 2.64 bits per heavy atom. The van der Waals surface area contributed by atoms with Crippen molar-refractivity contribution in [1.82, 2.24) is 4.98 Å². The highest BCUT2D eigenvalue weighted by molar-refractivity contribution is 6.04. The van der Waals surface area contributed by atoms with Crippen LogP contribution >= 0.6 is 0 Å². The summed E-state index contributed by atoms with van der Waals surface area (Å²) >= 11 is 0. The Bertz CT molecular complexity index is 699. The zero-order valence-corrected chi connectivity index (χ0v) is 15.4. The van der Waals surface area contributed by atoms with Gasteiger partial charge < -0.3 is 15.4 Å². The molecule has 2 N–H and O–H groups in total. The average Bonchev–Trinajstić information content (AvgIpc) is 2.56. The van der Waals surface area contributed by atoms with E-state index in [9.17, 15) is 4.79 Å². The number of nitrogens with one attached hydrogen (secondary N) is 2. The number of aromatic nitrogens is 1. The quantitative estimate of drug-likeness (QED) is 0.738. The molecule has 0 atom stereocenters. The Hall–Kier alpha value is -2.56. The fourth-order valence-electron chi connectivity index (χ4n) is 2.28. The molecule has 0 aliphatic heterocycles. The van der Waals surface area contributed by atoms with Crippen molar-refractivity contribution in [1.29, 1.82) is 0 Å². The Morgan fingerprint density at radius 1 is 1.16 bits per heavy atom. The number of hydrogen-bond donors (Lipinski definition) is 2. The monoisotopic (exact) mass is 341 g/mol. The maximum absolute atomic E-state index is 12.5. The first-order valence-corrected chi connectivity index (χ1v) is 8.72. The maximum atomic E-state index is 12.5. The number of nitrogens with zero attached hydrogens (tertiary/aromatic N) is 1. The van der Waals surface area contributed by atoms with Crippen LogP contribution in [0.25, 0.3) is 0 Å². The molecular formula is C20H27N3O2. The molecule has 1 amide bonds. The van der Waals surface area contributed by atoms with Crippen molar-refractivity contribution < 1.29 is 9.53 Å².